The number of hydrogen-bond acceptors (Lipinski definition) is 5. The van der Waals surface area contributed by atoms with Crippen LogP contribution in [0.5, 0.6) is 0 Å². The molecule has 1 aromatic heterocycles. The van der Waals surface area contributed by atoms with Crippen LogP contribution in [0, 0.1) is 11.7 Å². The van der Waals surface area contributed by atoms with Crippen molar-refractivity contribution >= 4 is 28.3 Å². The topological polar surface area (TPSA) is 59.5 Å². The number of thiazole rings is 1. The summed E-state index contributed by atoms with van der Waals surface area (Å²) in [5, 5.41) is 2.32. The maximum atomic E-state index is 13.3. The van der Waals surface area contributed by atoms with E-state index in [-0.39, 0.29) is 30.2 Å². The predicted molar refractivity (Wildman–Crippen MR) is 123 cm³/mol. The van der Waals surface area contributed by atoms with Gasteiger partial charge in [-0.2, -0.15) is 0 Å². The number of carbonyl (C=O) groups is 2. The Hall–Kier alpha value is -3.32. The minimum absolute atomic E-state index is 0.194. The molecule has 2 aromatic carbocycles. The summed E-state index contributed by atoms with van der Waals surface area (Å²) in [6.45, 7) is -0.0307. The standard InChI is InChI=1S/C25H23FN2O3S/c26-21-13-11-19(12-14-21)22-17-32-25(27-22)28(15-18-7-3-1-4-8-18)23(29)16-31-24(30)20-9-5-2-6-10-20/h1-5,7-8,11-14,17,20H,6,9-10,15-16H2. The van der Waals surface area contributed by atoms with E-state index < -0.39 is 0 Å². The van der Waals surface area contributed by atoms with Crippen LogP contribution < -0.4 is 4.90 Å². The number of esters is 1. The molecule has 0 radical (unpaired) electrons. The van der Waals surface area contributed by atoms with Crippen LogP contribution in [0.2, 0.25) is 0 Å². The van der Waals surface area contributed by atoms with Gasteiger partial charge in [-0.05, 0) is 49.1 Å². The second-order valence-corrected chi connectivity index (χ2v) is 8.41. The number of benzene rings is 2. The minimum atomic E-state index is -0.339. The van der Waals surface area contributed by atoms with Gasteiger partial charge in [-0.25, -0.2) is 9.37 Å². The quantitative estimate of drug-likeness (QED) is 0.358. The maximum Gasteiger partial charge on any atom is 0.309 e. The van der Waals surface area contributed by atoms with E-state index in [2.05, 4.69) is 11.1 Å². The first kappa shape index (κ1) is 21.9. The largest absolute Gasteiger partial charge is 0.455 e. The zero-order chi connectivity index (χ0) is 22.3. The molecule has 5 nitrogen and oxygen atoms in total. The lowest BCUT2D eigenvalue weighted by molar-refractivity contribution is -0.152. The fourth-order valence-corrected chi connectivity index (χ4v) is 4.36. The number of halogens is 1. The van der Waals surface area contributed by atoms with Crippen LogP contribution in [-0.2, 0) is 20.9 Å². The molecule has 0 aliphatic heterocycles. The van der Waals surface area contributed by atoms with Crippen molar-refractivity contribution in [2.75, 3.05) is 11.5 Å². The highest BCUT2D eigenvalue weighted by atomic mass is 32.1. The van der Waals surface area contributed by atoms with Gasteiger partial charge in [0.15, 0.2) is 11.7 Å². The first-order valence-electron chi connectivity index (χ1n) is 10.5. The molecule has 1 atom stereocenters. The number of nitrogens with zero attached hydrogens (tertiary/aromatic N) is 2. The highest BCUT2D eigenvalue weighted by Crippen LogP contribution is 2.29. The normalized spacial score (nSPS) is 15.3. The van der Waals surface area contributed by atoms with Gasteiger partial charge in [0.25, 0.3) is 5.91 Å². The Balaban J connectivity index is 1.51. The van der Waals surface area contributed by atoms with E-state index in [0.29, 0.717) is 23.8 Å². The van der Waals surface area contributed by atoms with Gasteiger partial charge in [-0.3, -0.25) is 14.5 Å². The second-order valence-electron chi connectivity index (χ2n) is 7.58. The van der Waals surface area contributed by atoms with Crippen molar-refractivity contribution in [3.63, 3.8) is 0 Å². The van der Waals surface area contributed by atoms with Crippen molar-refractivity contribution < 1.29 is 18.7 Å². The van der Waals surface area contributed by atoms with E-state index in [9.17, 15) is 14.0 Å². The lowest BCUT2D eigenvalue weighted by Gasteiger charge is -2.21. The van der Waals surface area contributed by atoms with Gasteiger partial charge in [0.1, 0.15) is 5.82 Å². The average molecular weight is 451 g/mol. The third-order valence-electron chi connectivity index (χ3n) is 5.29. The summed E-state index contributed by atoms with van der Waals surface area (Å²) in [7, 11) is 0. The van der Waals surface area contributed by atoms with Crippen molar-refractivity contribution in [3.8, 4) is 11.3 Å². The van der Waals surface area contributed by atoms with Crippen molar-refractivity contribution in [3.05, 3.63) is 83.5 Å². The highest BCUT2D eigenvalue weighted by Gasteiger charge is 2.25. The van der Waals surface area contributed by atoms with E-state index in [1.54, 1.807) is 12.1 Å². The van der Waals surface area contributed by atoms with Gasteiger partial charge >= 0.3 is 5.97 Å². The molecule has 1 heterocycles. The molecule has 0 saturated carbocycles. The van der Waals surface area contributed by atoms with Crippen molar-refractivity contribution in [1.29, 1.82) is 0 Å². The van der Waals surface area contributed by atoms with E-state index in [1.807, 2.05) is 41.8 Å². The number of ether oxygens (including phenoxy) is 1. The Morgan fingerprint density at radius 3 is 2.59 bits per heavy atom. The van der Waals surface area contributed by atoms with Crippen LogP contribution in [-0.4, -0.2) is 23.5 Å². The minimum Gasteiger partial charge on any atom is -0.455 e. The summed E-state index contributed by atoms with van der Waals surface area (Å²) in [6, 6.07) is 15.6. The van der Waals surface area contributed by atoms with Crippen molar-refractivity contribution in [2.45, 2.75) is 25.8 Å². The summed E-state index contributed by atoms with van der Waals surface area (Å²) in [5.41, 5.74) is 2.35. The van der Waals surface area contributed by atoms with Crippen LogP contribution in [0.4, 0.5) is 9.52 Å². The Morgan fingerprint density at radius 2 is 1.88 bits per heavy atom. The zero-order valence-corrected chi connectivity index (χ0v) is 18.3. The molecule has 4 rings (SSSR count). The van der Waals surface area contributed by atoms with Gasteiger partial charge in [0.2, 0.25) is 0 Å². The average Bonchev–Trinajstić information content (AvgIpc) is 3.32. The van der Waals surface area contributed by atoms with Gasteiger partial charge in [0, 0.05) is 10.9 Å². The molecule has 0 fully saturated rings. The molecule has 3 aromatic rings. The molecule has 0 N–H and O–H groups in total. The summed E-state index contributed by atoms with van der Waals surface area (Å²) in [4.78, 5) is 31.6. The number of anilines is 1. The van der Waals surface area contributed by atoms with Crippen LogP contribution in [0.1, 0.15) is 24.8 Å². The Bertz CT molecular complexity index is 1100. The number of aromatic nitrogens is 1. The van der Waals surface area contributed by atoms with Crippen LogP contribution in [0.15, 0.2) is 72.1 Å². The fourth-order valence-electron chi connectivity index (χ4n) is 3.51. The lowest BCUT2D eigenvalue weighted by Crippen LogP contribution is -2.35. The monoisotopic (exact) mass is 450 g/mol. The number of rotatable bonds is 7. The zero-order valence-electron chi connectivity index (χ0n) is 17.4. The molecular weight excluding hydrogens is 427 g/mol. The maximum absolute atomic E-state index is 13.3. The molecule has 0 spiro atoms. The number of allylic oxidation sites excluding steroid dienone is 2. The third-order valence-corrected chi connectivity index (χ3v) is 6.15. The SMILES string of the molecule is O=C(OCC(=O)N(Cc1ccccc1)c1nc(-c2ccc(F)cc2)cs1)C1CC=CCC1. The number of amides is 1. The molecule has 0 bridgehead atoms. The molecule has 32 heavy (non-hydrogen) atoms. The smallest absolute Gasteiger partial charge is 0.309 e. The molecule has 7 heteroatoms. The molecule has 1 unspecified atom stereocenters. The first-order chi connectivity index (χ1) is 15.6. The first-order valence-corrected chi connectivity index (χ1v) is 11.4. The summed E-state index contributed by atoms with van der Waals surface area (Å²) in [5.74, 6) is -1.19. The van der Waals surface area contributed by atoms with Crippen LogP contribution in [0.25, 0.3) is 11.3 Å². The summed E-state index contributed by atoms with van der Waals surface area (Å²) in [6.07, 6.45) is 6.27. The molecule has 1 aliphatic rings. The molecular formula is C25H23FN2O3S. The van der Waals surface area contributed by atoms with Crippen LogP contribution in [0.3, 0.4) is 0 Å². The molecule has 1 amide bonds. The van der Waals surface area contributed by atoms with Crippen LogP contribution >= 0.6 is 11.3 Å². The summed E-state index contributed by atoms with van der Waals surface area (Å²) >= 11 is 1.32. The third kappa shape index (κ3) is 5.48. The number of hydrogen-bond donors (Lipinski definition) is 0. The molecule has 1 aliphatic carbocycles. The van der Waals surface area contributed by atoms with Crippen molar-refractivity contribution in [2.24, 2.45) is 5.92 Å². The number of carbonyl (C=O) groups excluding carboxylic acids is 2. The van der Waals surface area contributed by atoms with E-state index in [4.69, 9.17) is 4.74 Å². The van der Waals surface area contributed by atoms with E-state index >= 15 is 0 Å². The van der Waals surface area contributed by atoms with Gasteiger partial charge < -0.3 is 4.74 Å². The molecule has 0 saturated heterocycles. The Kier molecular flexibility index (Phi) is 7.07. The Morgan fingerprint density at radius 1 is 1.09 bits per heavy atom. The molecule has 164 valence electrons. The predicted octanol–water partition coefficient (Wildman–Crippen LogP) is 5.38. The van der Waals surface area contributed by atoms with E-state index in [0.717, 1.165) is 24.0 Å². The second kappa shape index (κ2) is 10.3. The lowest BCUT2D eigenvalue weighted by atomic mass is 9.95. The van der Waals surface area contributed by atoms with Gasteiger partial charge in [-0.1, -0.05) is 42.5 Å². The van der Waals surface area contributed by atoms with Crippen molar-refractivity contribution in [1.82, 2.24) is 4.98 Å². The van der Waals surface area contributed by atoms with E-state index in [1.165, 1.54) is 28.4 Å². The van der Waals surface area contributed by atoms with Gasteiger partial charge in [0.05, 0.1) is 18.2 Å². The Labute approximate surface area is 190 Å². The highest BCUT2D eigenvalue weighted by molar-refractivity contribution is 7.14. The summed E-state index contributed by atoms with van der Waals surface area (Å²) < 4.78 is 18.6. The fraction of sp³-hybridized carbons (Fsp3) is 0.240. The van der Waals surface area contributed by atoms with Gasteiger partial charge in [-0.15, -0.1) is 11.3 Å².